The number of phenols is 1. The fourth-order valence-electron chi connectivity index (χ4n) is 1.46. The number of hydrogen-bond acceptors (Lipinski definition) is 3. The molecule has 0 heterocycles. The third-order valence-corrected chi connectivity index (χ3v) is 2.29. The maximum atomic E-state index is 10.1. The van der Waals surface area contributed by atoms with Gasteiger partial charge in [-0.3, -0.25) is 4.79 Å². The van der Waals surface area contributed by atoms with Crippen LogP contribution in [0.25, 0.3) is 0 Å². The average Bonchev–Trinajstić information content (AvgIpc) is 2.56. The molecule has 0 saturated carbocycles. The molecule has 4 heteroatoms. The molecule has 0 atom stereocenters. The molecule has 0 aliphatic heterocycles. The Morgan fingerprint density at radius 1 is 0.857 bits per heavy atom. The van der Waals surface area contributed by atoms with Crippen LogP contribution in [0.4, 0.5) is 0 Å². The Morgan fingerprint density at radius 3 is 1.71 bits per heavy atom. The Morgan fingerprint density at radius 2 is 1.29 bits per heavy atom. The van der Waals surface area contributed by atoms with Crippen molar-refractivity contribution in [2.24, 2.45) is 0 Å². The van der Waals surface area contributed by atoms with Gasteiger partial charge in [0, 0.05) is 0 Å². The van der Waals surface area contributed by atoms with Crippen LogP contribution in [0.2, 0.25) is 0 Å². The molecule has 3 nitrogen and oxygen atoms in total. The van der Waals surface area contributed by atoms with Crippen molar-refractivity contribution in [3.8, 4) is 11.5 Å². The van der Waals surface area contributed by atoms with Crippen LogP contribution in [-0.2, 0) is 4.79 Å². The van der Waals surface area contributed by atoms with Crippen molar-refractivity contribution >= 4 is 24.7 Å². The van der Waals surface area contributed by atoms with Gasteiger partial charge in [0.2, 0.25) is 0 Å². The maximum Gasteiger partial charge on any atom is 0.298 e. The van der Waals surface area contributed by atoms with Crippen molar-refractivity contribution in [1.29, 1.82) is 0 Å². The van der Waals surface area contributed by atoms with Crippen molar-refractivity contribution in [2.45, 2.75) is 27.7 Å². The molecule has 0 unspecified atom stereocenters. The van der Waals surface area contributed by atoms with E-state index in [4.69, 9.17) is 9.84 Å². The number of aromatic hydroxyl groups is 1. The van der Waals surface area contributed by atoms with Gasteiger partial charge >= 0.3 is 0 Å². The summed E-state index contributed by atoms with van der Waals surface area (Å²) in [5, 5.41) is 9.15. The highest BCUT2D eigenvalue weighted by Crippen LogP contribution is 2.06. The average molecular weight is 285 g/mol. The standard InChI is InChI=1S/C13H10BO3.2C2H6/c15-9-17-13-7-3-11(4-8-13)14-10-1-5-12(16)6-2-10;2*1-2/h1-9,16H;2*1-2H3. The molecule has 1 radical (unpaired) electrons. The number of carbonyl (C=O) groups is 1. The van der Waals surface area contributed by atoms with E-state index in [1.807, 2.05) is 59.2 Å². The molecule has 2 aromatic carbocycles. The zero-order valence-electron chi connectivity index (χ0n) is 13.0. The summed E-state index contributed by atoms with van der Waals surface area (Å²) in [6.07, 6.45) is 0. The lowest BCUT2D eigenvalue weighted by Crippen LogP contribution is -2.26. The normalized spacial score (nSPS) is 8.38. The molecule has 2 aromatic rings. The summed E-state index contributed by atoms with van der Waals surface area (Å²) < 4.78 is 4.70. The van der Waals surface area contributed by atoms with Gasteiger partial charge in [0.25, 0.3) is 6.47 Å². The minimum absolute atomic E-state index is 0.247. The Hall–Kier alpha value is -2.23. The fourth-order valence-corrected chi connectivity index (χ4v) is 1.46. The van der Waals surface area contributed by atoms with Crippen LogP contribution in [0.3, 0.4) is 0 Å². The molecule has 0 aliphatic carbocycles. The van der Waals surface area contributed by atoms with E-state index in [9.17, 15) is 4.79 Å². The molecule has 0 fully saturated rings. The Kier molecular flexibility index (Phi) is 10.4. The number of benzene rings is 2. The molecular formula is C17H22BO3. The van der Waals surface area contributed by atoms with Gasteiger partial charge < -0.3 is 9.84 Å². The van der Waals surface area contributed by atoms with Crippen molar-refractivity contribution in [3.05, 3.63) is 48.5 Å². The molecule has 0 amide bonds. The predicted molar refractivity (Wildman–Crippen MR) is 89.0 cm³/mol. The van der Waals surface area contributed by atoms with E-state index in [0.29, 0.717) is 12.2 Å². The summed E-state index contributed by atoms with van der Waals surface area (Å²) in [5.74, 6) is 0.764. The van der Waals surface area contributed by atoms with Gasteiger partial charge in [-0.1, -0.05) is 62.9 Å². The predicted octanol–water partition coefficient (Wildman–Crippen LogP) is 2.63. The molecule has 111 valence electrons. The topological polar surface area (TPSA) is 46.5 Å². The Bertz CT molecular complexity index is 492. The van der Waals surface area contributed by atoms with E-state index < -0.39 is 0 Å². The van der Waals surface area contributed by atoms with E-state index in [-0.39, 0.29) is 5.75 Å². The third kappa shape index (κ3) is 7.21. The summed E-state index contributed by atoms with van der Waals surface area (Å²) in [6.45, 7) is 8.40. The Balaban J connectivity index is 0.000000921. The van der Waals surface area contributed by atoms with E-state index in [1.54, 1.807) is 24.3 Å². The second-order valence-corrected chi connectivity index (χ2v) is 3.52. The lowest BCUT2D eigenvalue weighted by Gasteiger charge is -2.02. The minimum Gasteiger partial charge on any atom is -0.508 e. The molecule has 0 spiro atoms. The first-order valence-electron chi connectivity index (χ1n) is 7.12. The second kappa shape index (κ2) is 11.6. The van der Waals surface area contributed by atoms with Crippen LogP contribution in [0.15, 0.2) is 48.5 Å². The summed E-state index contributed by atoms with van der Waals surface area (Å²) in [6, 6.07) is 14.1. The number of phenolic OH excluding ortho intramolecular Hbond substituents is 1. The first-order chi connectivity index (χ1) is 10.3. The summed E-state index contributed by atoms with van der Waals surface area (Å²) in [5.41, 5.74) is 1.99. The van der Waals surface area contributed by atoms with E-state index in [0.717, 1.165) is 10.9 Å². The summed E-state index contributed by atoms with van der Waals surface area (Å²) in [7, 11) is 1.96. The third-order valence-electron chi connectivity index (χ3n) is 2.29. The van der Waals surface area contributed by atoms with Crippen LogP contribution in [0.5, 0.6) is 11.5 Å². The van der Waals surface area contributed by atoms with Crippen LogP contribution in [0.1, 0.15) is 27.7 Å². The van der Waals surface area contributed by atoms with Gasteiger partial charge in [-0.25, -0.2) is 0 Å². The number of carbonyl (C=O) groups excluding carboxylic acids is 1. The zero-order valence-corrected chi connectivity index (χ0v) is 13.0. The van der Waals surface area contributed by atoms with Crippen molar-refractivity contribution in [2.75, 3.05) is 0 Å². The largest absolute Gasteiger partial charge is 0.508 e. The molecule has 2 rings (SSSR count). The minimum atomic E-state index is 0.247. The lowest BCUT2D eigenvalue weighted by molar-refractivity contribution is -0.120. The van der Waals surface area contributed by atoms with Crippen LogP contribution in [0, 0.1) is 0 Å². The summed E-state index contributed by atoms with van der Waals surface area (Å²) >= 11 is 0. The maximum absolute atomic E-state index is 10.1. The van der Waals surface area contributed by atoms with Crippen molar-refractivity contribution in [3.63, 3.8) is 0 Å². The van der Waals surface area contributed by atoms with E-state index >= 15 is 0 Å². The van der Waals surface area contributed by atoms with Gasteiger partial charge in [-0.15, -0.1) is 0 Å². The highest BCUT2D eigenvalue weighted by atomic mass is 16.5. The van der Waals surface area contributed by atoms with Crippen LogP contribution < -0.4 is 15.7 Å². The van der Waals surface area contributed by atoms with E-state index in [1.165, 1.54) is 0 Å². The molecule has 0 aromatic heterocycles. The second-order valence-electron chi connectivity index (χ2n) is 3.52. The van der Waals surface area contributed by atoms with Crippen LogP contribution in [-0.4, -0.2) is 18.9 Å². The lowest BCUT2D eigenvalue weighted by atomic mass is 9.64. The number of rotatable bonds is 4. The quantitative estimate of drug-likeness (QED) is 0.694. The number of ether oxygens (including phenoxy) is 1. The van der Waals surface area contributed by atoms with Crippen molar-refractivity contribution < 1.29 is 14.6 Å². The first kappa shape index (κ1) is 18.8. The fraction of sp³-hybridized carbons (Fsp3) is 0.235. The first-order valence-corrected chi connectivity index (χ1v) is 7.12. The van der Waals surface area contributed by atoms with Gasteiger partial charge in [0.05, 0.1) is 0 Å². The van der Waals surface area contributed by atoms with Gasteiger partial charge in [-0.2, -0.15) is 0 Å². The highest BCUT2D eigenvalue weighted by Gasteiger charge is 2.00. The smallest absolute Gasteiger partial charge is 0.298 e. The van der Waals surface area contributed by atoms with Gasteiger partial charge in [0.1, 0.15) is 11.5 Å². The molecule has 0 saturated heterocycles. The SMILES string of the molecule is CC.CC.O=COc1ccc([B]c2ccc(O)cc2)cc1. The molecule has 21 heavy (non-hydrogen) atoms. The van der Waals surface area contributed by atoms with Crippen molar-refractivity contribution in [1.82, 2.24) is 0 Å². The molecular weight excluding hydrogens is 263 g/mol. The van der Waals surface area contributed by atoms with Crippen LogP contribution >= 0.6 is 0 Å². The zero-order chi connectivity index (χ0) is 16.1. The van der Waals surface area contributed by atoms with Gasteiger partial charge in [-0.05, 0) is 24.3 Å². The monoisotopic (exact) mass is 285 g/mol. The highest BCUT2D eigenvalue weighted by molar-refractivity contribution is 6.67. The van der Waals surface area contributed by atoms with Gasteiger partial charge in [0.15, 0.2) is 7.28 Å². The number of hydrogen-bond donors (Lipinski definition) is 1. The van der Waals surface area contributed by atoms with E-state index in [2.05, 4.69) is 0 Å². The summed E-state index contributed by atoms with van der Waals surface area (Å²) in [4.78, 5) is 10.1. The Labute approximate surface area is 127 Å². The molecule has 0 bridgehead atoms. The molecule has 1 N–H and O–H groups in total. The molecule has 0 aliphatic rings.